The highest BCUT2D eigenvalue weighted by molar-refractivity contribution is 9.11. The first kappa shape index (κ1) is 12.1. The van der Waals surface area contributed by atoms with E-state index in [1.54, 1.807) is 6.20 Å². The van der Waals surface area contributed by atoms with Crippen molar-refractivity contribution in [2.45, 2.75) is 19.8 Å². The van der Waals surface area contributed by atoms with Crippen LogP contribution in [0.3, 0.4) is 0 Å². The van der Waals surface area contributed by atoms with E-state index in [0.717, 1.165) is 10.2 Å². The zero-order valence-electron chi connectivity index (χ0n) is 8.16. The van der Waals surface area contributed by atoms with Crippen molar-refractivity contribution in [3.05, 3.63) is 9.98 Å². The van der Waals surface area contributed by atoms with Crippen molar-refractivity contribution in [2.75, 3.05) is 5.32 Å². The van der Waals surface area contributed by atoms with Crippen molar-refractivity contribution in [2.24, 2.45) is 5.92 Å². The third-order valence-corrected chi connectivity index (χ3v) is 3.15. The number of hydrogen-bond donors (Lipinski definition) is 1. The third kappa shape index (κ3) is 3.61. The molecule has 0 aliphatic carbocycles. The molecule has 1 heterocycles. The largest absolute Gasteiger partial charge is 0.301 e. The van der Waals surface area contributed by atoms with Crippen molar-refractivity contribution in [1.82, 2.24) is 4.98 Å². The van der Waals surface area contributed by atoms with Crippen LogP contribution in [0.4, 0.5) is 5.13 Å². The molecule has 1 N–H and O–H groups in total. The van der Waals surface area contributed by atoms with Gasteiger partial charge in [0.05, 0.1) is 16.1 Å². The van der Waals surface area contributed by atoms with E-state index < -0.39 is 5.92 Å². The summed E-state index contributed by atoms with van der Waals surface area (Å²) in [6.45, 7) is 1.94. The molecule has 1 aromatic rings. The molecule has 1 rings (SSSR count). The van der Waals surface area contributed by atoms with Crippen LogP contribution in [0.25, 0.3) is 0 Å². The molecule has 6 heteroatoms. The second kappa shape index (κ2) is 5.83. The van der Waals surface area contributed by atoms with E-state index in [4.69, 9.17) is 5.26 Å². The fourth-order valence-electron chi connectivity index (χ4n) is 1.05. The topological polar surface area (TPSA) is 65.8 Å². The average Bonchev–Trinajstić information content (AvgIpc) is 2.60. The Morgan fingerprint density at radius 2 is 2.60 bits per heavy atom. The van der Waals surface area contributed by atoms with Crippen molar-refractivity contribution >= 4 is 38.3 Å². The lowest BCUT2D eigenvalue weighted by Gasteiger charge is -2.05. The Bertz CT molecular complexity index is 385. The smallest absolute Gasteiger partial charge is 0.243 e. The molecule has 4 nitrogen and oxygen atoms in total. The van der Waals surface area contributed by atoms with Gasteiger partial charge in [-0.2, -0.15) is 5.26 Å². The summed E-state index contributed by atoms with van der Waals surface area (Å²) in [5.41, 5.74) is 0. The molecule has 15 heavy (non-hydrogen) atoms. The second-order valence-corrected chi connectivity index (χ2v) is 5.34. The summed E-state index contributed by atoms with van der Waals surface area (Å²) in [5.74, 6) is -0.862. The highest BCUT2D eigenvalue weighted by Crippen LogP contribution is 2.23. The van der Waals surface area contributed by atoms with Crippen LogP contribution >= 0.6 is 27.3 Å². The van der Waals surface area contributed by atoms with Crippen LogP contribution in [0, 0.1) is 17.2 Å². The zero-order valence-corrected chi connectivity index (χ0v) is 10.6. The Hall–Kier alpha value is -0.930. The summed E-state index contributed by atoms with van der Waals surface area (Å²) in [7, 11) is 0. The van der Waals surface area contributed by atoms with Crippen molar-refractivity contribution < 1.29 is 4.79 Å². The van der Waals surface area contributed by atoms with Crippen LogP contribution < -0.4 is 5.32 Å². The van der Waals surface area contributed by atoms with Gasteiger partial charge in [-0.05, 0) is 22.4 Å². The molecule has 1 atom stereocenters. The van der Waals surface area contributed by atoms with Gasteiger partial charge in [0.25, 0.3) is 0 Å². The van der Waals surface area contributed by atoms with Gasteiger partial charge < -0.3 is 5.32 Å². The van der Waals surface area contributed by atoms with E-state index in [1.165, 1.54) is 11.3 Å². The lowest BCUT2D eigenvalue weighted by molar-refractivity contribution is -0.118. The molecule has 0 saturated heterocycles. The van der Waals surface area contributed by atoms with Crippen molar-refractivity contribution in [3.8, 4) is 6.07 Å². The second-order valence-electron chi connectivity index (χ2n) is 2.93. The highest BCUT2D eigenvalue weighted by Gasteiger charge is 2.17. The minimum absolute atomic E-state index is 0.277. The number of carbonyl (C=O) groups excluding carboxylic acids is 1. The molecular weight excluding hydrogens is 278 g/mol. The van der Waals surface area contributed by atoms with Gasteiger partial charge in [-0.15, -0.1) is 0 Å². The summed E-state index contributed by atoms with van der Waals surface area (Å²) < 4.78 is 0.849. The van der Waals surface area contributed by atoms with Crippen LogP contribution in [0.1, 0.15) is 19.8 Å². The predicted octanol–water partition coefficient (Wildman–Crippen LogP) is 2.78. The molecule has 0 radical (unpaired) electrons. The van der Waals surface area contributed by atoms with E-state index in [-0.39, 0.29) is 5.91 Å². The molecule has 1 unspecified atom stereocenters. The Balaban J connectivity index is 2.58. The number of nitriles is 1. The fourth-order valence-corrected chi connectivity index (χ4v) is 2.16. The van der Waals surface area contributed by atoms with E-state index in [0.29, 0.717) is 11.6 Å². The van der Waals surface area contributed by atoms with E-state index in [2.05, 4.69) is 26.2 Å². The number of nitrogens with one attached hydrogen (secondary N) is 1. The molecule has 0 spiro atoms. The van der Waals surface area contributed by atoms with Gasteiger partial charge in [-0.1, -0.05) is 24.7 Å². The van der Waals surface area contributed by atoms with Gasteiger partial charge in [0.1, 0.15) is 5.92 Å². The summed E-state index contributed by atoms with van der Waals surface area (Å²) in [6, 6.07) is 1.98. The number of carbonyl (C=O) groups is 1. The van der Waals surface area contributed by atoms with Crippen LogP contribution in [-0.4, -0.2) is 10.9 Å². The van der Waals surface area contributed by atoms with E-state index >= 15 is 0 Å². The number of thiazole rings is 1. The average molecular weight is 288 g/mol. The molecule has 0 saturated carbocycles. The Morgan fingerprint density at radius 3 is 3.07 bits per heavy atom. The molecule has 80 valence electrons. The number of hydrogen-bond acceptors (Lipinski definition) is 4. The summed E-state index contributed by atoms with van der Waals surface area (Å²) in [4.78, 5) is 15.5. The standard InChI is InChI=1S/C9H10BrN3OS/c1-2-3-6(4-11)8(14)13-9-12-5-7(10)15-9/h5-6H,2-3H2,1H3,(H,12,13,14). The molecule has 1 aromatic heterocycles. The SMILES string of the molecule is CCCC(C#N)C(=O)Nc1ncc(Br)s1. The zero-order chi connectivity index (χ0) is 11.3. The van der Waals surface area contributed by atoms with Crippen LogP contribution in [0.15, 0.2) is 9.98 Å². The van der Waals surface area contributed by atoms with Crippen LogP contribution in [-0.2, 0) is 4.79 Å². The molecule has 0 aliphatic rings. The maximum Gasteiger partial charge on any atom is 0.243 e. The van der Waals surface area contributed by atoms with Gasteiger partial charge in [0.15, 0.2) is 5.13 Å². The number of amides is 1. The Kier molecular flexibility index (Phi) is 4.72. The lowest BCUT2D eigenvalue weighted by atomic mass is 10.1. The summed E-state index contributed by atoms with van der Waals surface area (Å²) in [6.07, 6.45) is 3.00. The Labute approximate surface area is 100 Å². The molecule has 0 bridgehead atoms. The maximum absolute atomic E-state index is 11.6. The first-order chi connectivity index (χ1) is 7.17. The number of aromatic nitrogens is 1. The molecule has 1 amide bonds. The lowest BCUT2D eigenvalue weighted by Crippen LogP contribution is -2.21. The van der Waals surface area contributed by atoms with Gasteiger partial charge >= 0.3 is 0 Å². The molecule has 0 aliphatic heterocycles. The number of nitrogens with zero attached hydrogens (tertiary/aromatic N) is 2. The van der Waals surface area contributed by atoms with Crippen molar-refractivity contribution in [1.29, 1.82) is 5.26 Å². The van der Waals surface area contributed by atoms with Gasteiger partial charge in [0, 0.05) is 0 Å². The van der Waals surface area contributed by atoms with Crippen LogP contribution in [0.2, 0.25) is 0 Å². The quantitative estimate of drug-likeness (QED) is 0.926. The third-order valence-electron chi connectivity index (χ3n) is 1.76. The predicted molar refractivity (Wildman–Crippen MR) is 62.5 cm³/mol. The van der Waals surface area contributed by atoms with Crippen LogP contribution in [0.5, 0.6) is 0 Å². The number of rotatable bonds is 4. The Morgan fingerprint density at radius 1 is 1.87 bits per heavy atom. The van der Waals surface area contributed by atoms with Gasteiger partial charge in [-0.3, -0.25) is 4.79 Å². The van der Waals surface area contributed by atoms with Crippen molar-refractivity contribution in [3.63, 3.8) is 0 Å². The highest BCUT2D eigenvalue weighted by atomic mass is 79.9. The number of anilines is 1. The first-order valence-corrected chi connectivity index (χ1v) is 6.10. The van der Waals surface area contributed by atoms with Gasteiger partial charge in [0.2, 0.25) is 5.91 Å². The monoisotopic (exact) mass is 287 g/mol. The van der Waals surface area contributed by atoms with E-state index in [9.17, 15) is 4.79 Å². The minimum atomic E-state index is -0.585. The summed E-state index contributed by atoms with van der Waals surface area (Å²) >= 11 is 4.57. The van der Waals surface area contributed by atoms with Gasteiger partial charge in [-0.25, -0.2) is 4.98 Å². The normalized spacial score (nSPS) is 11.8. The minimum Gasteiger partial charge on any atom is -0.301 e. The number of halogens is 1. The van der Waals surface area contributed by atoms with E-state index in [1.807, 2.05) is 13.0 Å². The molecular formula is C9H10BrN3OS. The fraction of sp³-hybridized carbons (Fsp3) is 0.444. The first-order valence-electron chi connectivity index (χ1n) is 4.49. The summed E-state index contributed by atoms with van der Waals surface area (Å²) in [5, 5.41) is 11.9. The maximum atomic E-state index is 11.6. The molecule has 0 fully saturated rings. The molecule has 0 aromatic carbocycles.